The maximum absolute atomic E-state index is 12.8. The molecular formula is C21H30N4O2S. The van der Waals surface area contributed by atoms with Crippen LogP contribution in [0.5, 0.6) is 0 Å². The van der Waals surface area contributed by atoms with E-state index in [-0.39, 0.29) is 17.7 Å². The Morgan fingerprint density at radius 3 is 2.46 bits per heavy atom. The van der Waals surface area contributed by atoms with Crippen molar-refractivity contribution in [2.75, 3.05) is 5.32 Å². The van der Waals surface area contributed by atoms with Gasteiger partial charge >= 0.3 is 0 Å². The average molecular weight is 403 g/mol. The number of nitrogens with one attached hydrogen (secondary N) is 2. The number of rotatable bonds is 10. The number of amides is 2. The molecule has 152 valence electrons. The van der Waals surface area contributed by atoms with Crippen LogP contribution in [-0.2, 0) is 9.59 Å². The van der Waals surface area contributed by atoms with Gasteiger partial charge in [0.15, 0.2) is 0 Å². The molecule has 0 unspecified atom stereocenters. The SMILES string of the molecule is CCCCCC(=O)N[C@@H](C(=O)Nc1nnc(-c2ccc(C)cc2)s1)[C@@H](C)CC. The van der Waals surface area contributed by atoms with E-state index in [1.54, 1.807) is 0 Å². The molecule has 1 aromatic carbocycles. The Hall–Kier alpha value is -2.28. The number of benzene rings is 1. The van der Waals surface area contributed by atoms with Crippen molar-refractivity contribution >= 4 is 28.3 Å². The molecule has 2 rings (SSSR count). The van der Waals surface area contributed by atoms with Gasteiger partial charge in [0.2, 0.25) is 16.9 Å². The molecule has 0 fully saturated rings. The predicted molar refractivity (Wildman–Crippen MR) is 114 cm³/mol. The average Bonchev–Trinajstić information content (AvgIpc) is 3.14. The maximum atomic E-state index is 12.8. The number of nitrogens with zero attached hydrogens (tertiary/aromatic N) is 2. The fraction of sp³-hybridized carbons (Fsp3) is 0.524. The number of carbonyl (C=O) groups is 2. The molecule has 0 spiro atoms. The zero-order valence-corrected chi connectivity index (χ0v) is 17.9. The Morgan fingerprint density at radius 2 is 1.82 bits per heavy atom. The van der Waals surface area contributed by atoms with Crippen LogP contribution in [0.3, 0.4) is 0 Å². The highest BCUT2D eigenvalue weighted by atomic mass is 32.1. The second-order valence-corrected chi connectivity index (χ2v) is 8.13. The minimum Gasteiger partial charge on any atom is -0.344 e. The molecule has 0 aliphatic carbocycles. The lowest BCUT2D eigenvalue weighted by Crippen LogP contribution is -2.47. The molecule has 2 aromatic rings. The predicted octanol–water partition coefficient (Wildman–Crippen LogP) is 4.56. The van der Waals surface area contributed by atoms with Gasteiger partial charge in [-0.05, 0) is 19.3 Å². The van der Waals surface area contributed by atoms with E-state index < -0.39 is 6.04 Å². The zero-order chi connectivity index (χ0) is 20.5. The van der Waals surface area contributed by atoms with E-state index in [1.165, 1.54) is 16.9 Å². The van der Waals surface area contributed by atoms with E-state index in [9.17, 15) is 9.59 Å². The maximum Gasteiger partial charge on any atom is 0.249 e. The van der Waals surface area contributed by atoms with Gasteiger partial charge in [-0.1, -0.05) is 81.2 Å². The van der Waals surface area contributed by atoms with Crippen LogP contribution in [0.15, 0.2) is 24.3 Å². The molecule has 2 N–H and O–H groups in total. The molecule has 2 atom stereocenters. The molecule has 6 nitrogen and oxygen atoms in total. The first-order valence-corrected chi connectivity index (χ1v) is 10.8. The van der Waals surface area contributed by atoms with Gasteiger partial charge in [0.1, 0.15) is 11.0 Å². The normalized spacial score (nSPS) is 13.0. The van der Waals surface area contributed by atoms with E-state index in [0.29, 0.717) is 11.6 Å². The van der Waals surface area contributed by atoms with Gasteiger partial charge in [0.05, 0.1) is 0 Å². The first-order valence-electron chi connectivity index (χ1n) is 9.95. The van der Waals surface area contributed by atoms with Crippen LogP contribution in [0.1, 0.15) is 58.4 Å². The van der Waals surface area contributed by atoms with Crippen molar-refractivity contribution in [1.29, 1.82) is 0 Å². The molecule has 1 heterocycles. The van der Waals surface area contributed by atoms with Crippen molar-refractivity contribution in [3.63, 3.8) is 0 Å². The number of aromatic nitrogens is 2. The number of anilines is 1. The van der Waals surface area contributed by atoms with Crippen molar-refractivity contribution in [2.45, 2.75) is 65.8 Å². The third-order valence-corrected chi connectivity index (χ3v) is 5.66. The van der Waals surface area contributed by atoms with Gasteiger partial charge < -0.3 is 5.32 Å². The topological polar surface area (TPSA) is 84.0 Å². The van der Waals surface area contributed by atoms with Gasteiger partial charge in [-0.3, -0.25) is 14.9 Å². The largest absolute Gasteiger partial charge is 0.344 e. The van der Waals surface area contributed by atoms with E-state index in [2.05, 4.69) is 27.8 Å². The summed E-state index contributed by atoms with van der Waals surface area (Å²) in [5.74, 6) is -0.295. The van der Waals surface area contributed by atoms with Crippen molar-refractivity contribution in [2.24, 2.45) is 5.92 Å². The molecule has 0 saturated heterocycles. The first-order chi connectivity index (χ1) is 13.4. The minimum atomic E-state index is -0.578. The molecule has 0 bridgehead atoms. The summed E-state index contributed by atoms with van der Waals surface area (Å²) in [6, 6.07) is 7.43. The summed E-state index contributed by atoms with van der Waals surface area (Å²) in [5.41, 5.74) is 2.14. The molecule has 7 heteroatoms. The van der Waals surface area contributed by atoms with Crippen molar-refractivity contribution in [3.05, 3.63) is 29.8 Å². The molecule has 2 amide bonds. The Morgan fingerprint density at radius 1 is 1.11 bits per heavy atom. The summed E-state index contributed by atoms with van der Waals surface area (Å²) < 4.78 is 0. The van der Waals surface area contributed by atoms with Crippen molar-refractivity contribution in [3.8, 4) is 10.6 Å². The smallest absolute Gasteiger partial charge is 0.249 e. The number of hydrogen-bond donors (Lipinski definition) is 2. The molecule has 0 aliphatic rings. The van der Waals surface area contributed by atoms with E-state index in [1.807, 2.05) is 45.0 Å². The highest BCUT2D eigenvalue weighted by Gasteiger charge is 2.26. The summed E-state index contributed by atoms with van der Waals surface area (Å²) in [6.45, 7) is 8.10. The van der Waals surface area contributed by atoms with Crippen LogP contribution in [-0.4, -0.2) is 28.1 Å². The van der Waals surface area contributed by atoms with Crippen LogP contribution in [0.4, 0.5) is 5.13 Å². The Bertz CT molecular complexity index is 773. The number of carbonyl (C=O) groups excluding carboxylic acids is 2. The highest BCUT2D eigenvalue weighted by molar-refractivity contribution is 7.18. The first kappa shape index (κ1) is 22.0. The molecule has 1 aromatic heterocycles. The summed E-state index contributed by atoms with van der Waals surface area (Å²) in [4.78, 5) is 25.0. The minimum absolute atomic E-state index is 0.0274. The lowest BCUT2D eigenvalue weighted by Gasteiger charge is -2.23. The quantitative estimate of drug-likeness (QED) is 0.571. The summed E-state index contributed by atoms with van der Waals surface area (Å²) >= 11 is 1.33. The second-order valence-electron chi connectivity index (χ2n) is 7.16. The standard InChI is InChI=1S/C21H30N4O2S/c1-5-7-8-9-17(26)22-18(15(4)6-2)19(27)23-21-25-24-20(28-21)16-12-10-14(3)11-13-16/h10-13,15,18H,5-9H2,1-4H3,(H,22,26)(H,23,25,27)/t15-,18+/m0/s1. The molecule has 0 saturated carbocycles. The Balaban J connectivity index is 2.02. The summed E-state index contributed by atoms with van der Waals surface area (Å²) in [7, 11) is 0. The third kappa shape index (κ3) is 6.41. The van der Waals surface area contributed by atoms with Crippen LogP contribution in [0.2, 0.25) is 0 Å². The fourth-order valence-corrected chi connectivity index (χ4v) is 3.50. The van der Waals surface area contributed by atoms with E-state index in [4.69, 9.17) is 0 Å². The van der Waals surface area contributed by atoms with Crippen LogP contribution in [0, 0.1) is 12.8 Å². The van der Waals surface area contributed by atoms with E-state index >= 15 is 0 Å². The molecule has 0 aliphatic heterocycles. The number of aryl methyl sites for hydroxylation is 1. The van der Waals surface area contributed by atoms with Crippen LogP contribution in [0.25, 0.3) is 10.6 Å². The van der Waals surface area contributed by atoms with Gasteiger partial charge in [0.25, 0.3) is 0 Å². The van der Waals surface area contributed by atoms with Crippen LogP contribution >= 0.6 is 11.3 Å². The summed E-state index contributed by atoms with van der Waals surface area (Å²) in [5, 5.41) is 15.2. The third-order valence-electron chi connectivity index (χ3n) is 4.77. The van der Waals surface area contributed by atoms with Gasteiger partial charge in [0, 0.05) is 12.0 Å². The van der Waals surface area contributed by atoms with Crippen molar-refractivity contribution in [1.82, 2.24) is 15.5 Å². The Labute approximate surface area is 171 Å². The summed E-state index contributed by atoms with van der Waals surface area (Å²) in [6.07, 6.45) is 4.15. The monoisotopic (exact) mass is 402 g/mol. The molecule has 0 radical (unpaired) electrons. The van der Waals surface area contributed by atoms with Crippen LogP contribution < -0.4 is 10.6 Å². The number of unbranched alkanes of at least 4 members (excludes halogenated alkanes) is 2. The van der Waals surface area contributed by atoms with Gasteiger partial charge in [-0.25, -0.2) is 0 Å². The second kappa shape index (κ2) is 10.9. The zero-order valence-electron chi connectivity index (χ0n) is 17.1. The molecule has 28 heavy (non-hydrogen) atoms. The van der Waals surface area contributed by atoms with Gasteiger partial charge in [-0.2, -0.15) is 0 Å². The van der Waals surface area contributed by atoms with E-state index in [0.717, 1.165) is 36.3 Å². The lowest BCUT2D eigenvalue weighted by atomic mass is 9.98. The molecular weight excluding hydrogens is 372 g/mol. The van der Waals surface area contributed by atoms with Crippen molar-refractivity contribution < 1.29 is 9.59 Å². The number of hydrogen-bond acceptors (Lipinski definition) is 5. The highest BCUT2D eigenvalue weighted by Crippen LogP contribution is 2.26. The fourth-order valence-electron chi connectivity index (χ4n) is 2.75. The Kier molecular flexibility index (Phi) is 8.57. The lowest BCUT2D eigenvalue weighted by molar-refractivity contribution is -0.127. The van der Waals surface area contributed by atoms with Gasteiger partial charge in [-0.15, -0.1) is 10.2 Å².